The van der Waals surface area contributed by atoms with E-state index in [1.807, 2.05) is 30.3 Å². The number of rotatable bonds is 2. The average Bonchev–Trinajstić information content (AvgIpc) is 2.28. The number of pyridine rings is 1. The van der Waals surface area contributed by atoms with Crippen LogP contribution in [0.1, 0.15) is 0 Å². The van der Waals surface area contributed by atoms with Crippen molar-refractivity contribution in [2.75, 3.05) is 10.6 Å². The molecule has 0 aliphatic heterocycles. The number of carbonyl (C=O) groups excluding carboxylic acids is 1. The zero-order valence-corrected chi connectivity index (χ0v) is 12.3. The molecule has 0 unspecified atom stereocenters. The molecule has 92 valence electrons. The molecule has 0 aliphatic rings. The van der Waals surface area contributed by atoms with Gasteiger partial charge in [0.15, 0.2) is 0 Å². The number of nitrogens with zero attached hydrogens (tertiary/aromatic N) is 1. The third kappa shape index (κ3) is 3.82. The van der Waals surface area contributed by atoms with Crippen LogP contribution in [0.5, 0.6) is 0 Å². The quantitative estimate of drug-likeness (QED) is 0.776. The van der Waals surface area contributed by atoms with Crippen molar-refractivity contribution in [1.82, 2.24) is 4.98 Å². The van der Waals surface area contributed by atoms with E-state index in [1.165, 1.54) is 0 Å². The Balaban J connectivity index is 2.03. The molecular formula is C12H9Br2N3O. The molecular weight excluding hydrogens is 362 g/mol. The van der Waals surface area contributed by atoms with Crippen LogP contribution in [-0.4, -0.2) is 11.0 Å². The first kappa shape index (κ1) is 13.0. The Morgan fingerprint density at radius 3 is 2.11 bits per heavy atom. The van der Waals surface area contributed by atoms with Crippen LogP contribution >= 0.6 is 31.9 Å². The third-order valence-corrected chi connectivity index (χ3v) is 2.86. The van der Waals surface area contributed by atoms with E-state index in [4.69, 9.17) is 0 Å². The van der Waals surface area contributed by atoms with Gasteiger partial charge in [-0.2, -0.15) is 0 Å². The van der Waals surface area contributed by atoms with Gasteiger partial charge in [0.05, 0.1) is 0 Å². The van der Waals surface area contributed by atoms with Crippen LogP contribution in [0, 0.1) is 0 Å². The van der Waals surface area contributed by atoms with E-state index < -0.39 is 0 Å². The van der Waals surface area contributed by atoms with E-state index in [1.54, 1.807) is 12.1 Å². The number of amides is 2. The number of nitrogens with one attached hydrogen (secondary N) is 2. The Labute approximate surface area is 121 Å². The lowest BCUT2D eigenvalue weighted by atomic mass is 10.3. The lowest BCUT2D eigenvalue weighted by molar-refractivity contribution is 0.262. The fourth-order valence-electron chi connectivity index (χ4n) is 1.35. The normalized spacial score (nSPS) is 9.89. The van der Waals surface area contributed by atoms with Gasteiger partial charge in [-0.25, -0.2) is 9.78 Å². The van der Waals surface area contributed by atoms with E-state index in [0.717, 1.165) is 5.69 Å². The summed E-state index contributed by atoms with van der Waals surface area (Å²) in [5.41, 5.74) is 1.39. The van der Waals surface area contributed by atoms with Crippen LogP contribution in [0.2, 0.25) is 0 Å². The summed E-state index contributed by atoms with van der Waals surface area (Å²) in [7, 11) is 0. The number of aromatic nitrogens is 1. The predicted octanol–water partition coefficient (Wildman–Crippen LogP) is 4.25. The van der Waals surface area contributed by atoms with Gasteiger partial charge in [-0.05, 0) is 56.1 Å². The van der Waals surface area contributed by atoms with E-state index >= 15 is 0 Å². The van der Waals surface area contributed by atoms with Crippen molar-refractivity contribution in [1.29, 1.82) is 0 Å². The maximum atomic E-state index is 11.7. The predicted molar refractivity (Wildman–Crippen MR) is 78.7 cm³/mol. The van der Waals surface area contributed by atoms with Crippen LogP contribution in [0.3, 0.4) is 0 Å². The van der Waals surface area contributed by atoms with Crippen LogP contribution in [0.4, 0.5) is 16.2 Å². The largest absolute Gasteiger partial charge is 0.323 e. The standard InChI is InChI=1S/C12H9Br2N3O/c13-10-6-9(7-11(14)17-10)16-12(18)15-8-4-2-1-3-5-8/h1-7H,(H2,15,16,17,18). The second-order valence-corrected chi connectivity index (χ2v) is 5.07. The molecule has 0 radical (unpaired) electrons. The Hall–Kier alpha value is -1.40. The second kappa shape index (κ2) is 5.97. The molecule has 2 amide bonds. The number of carbonyl (C=O) groups is 1. The molecule has 2 N–H and O–H groups in total. The number of para-hydroxylation sites is 1. The minimum Gasteiger partial charge on any atom is -0.308 e. The van der Waals surface area contributed by atoms with Gasteiger partial charge in [0.25, 0.3) is 0 Å². The van der Waals surface area contributed by atoms with E-state index in [2.05, 4.69) is 47.5 Å². The summed E-state index contributed by atoms with van der Waals surface area (Å²) in [6.45, 7) is 0. The van der Waals surface area contributed by atoms with Crippen molar-refractivity contribution in [3.05, 3.63) is 51.7 Å². The second-order valence-electron chi connectivity index (χ2n) is 3.45. The van der Waals surface area contributed by atoms with Gasteiger partial charge in [0.2, 0.25) is 0 Å². The average molecular weight is 371 g/mol. The van der Waals surface area contributed by atoms with E-state index in [-0.39, 0.29) is 6.03 Å². The smallest absolute Gasteiger partial charge is 0.308 e. The molecule has 6 heteroatoms. The van der Waals surface area contributed by atoms with Crippen molar-refractivity contribution in [2.24, 2.45) is 0 Å². The van der Waals surface area contributed by atoms with Gasteiger partial charge >= 0.3 is 6.03 Å². The van der Waals surface area contributed by atoms with Crippen molar-refractivity contribution < 1.29 is 4.79 Å². The molecule has 1 heterocycles. The Morgan fingerprint density at radius 2 is 1.50 bits per heavy atom. The summed E-state index contributed by atoms with van der Waals surface area (Å²) >= 11 is 6.51. The Bertz CT molecular complexity index is 540. The van der Waals surface area contributed by atoms with E-state index in [9.17, 15) is 4.79 Å². The highest BCUT2D eigenvalue weighted by Gasteiger charge is 2.04. The highest BCUT2D eigenvalue weighted by Crippen LogP contribution is 2.19. The number of benzene rings is 1. The van der Waals surface area contributed by atoms with Crippen molar-refractivity contribution >= 4 is 49.3 Å². The molecule has 4 nitrogen and oxygen atoms in total. The van der Waals surface area contributed by atoms with Gasteiger partial charge in [0, 0.05) is 11.4 Å². The molecule has 0 saturated carbocycles. The molecule has 0 saturated heterocycles. The van der Waals surface area contributed by atoms with Gasteiger partial charge < -0.3 is 10.6 Å². The highest BCUT2D eigenvalue weighted by molar-refractivity contribution is 9.11. The van der Waals surface area contributed by atoms with Crippen molar-refractivity contribution in [3.8, 4) is 0 Å². The van der Waals surface area contributed by atoms with Gasteiger partial charge in [-0.15, -0.1) is 0 Å². The zero-order valence-electron chi connectivity index (χ0n) is 9.15. The van der Waals surface area contributed by atoms with Gasteiger partial charge in [-0.3, -0.25) is 0 Å². The first-order chi connectivity index (χ1) is 8.63. The first-order valence-electron chi connectivity index (χ1n) is 5.09. The first-order valence-corrected chi connectivity index (χ1v) is 6.68. The van der Waals surface area contributed by atoms with Crippen molar-refractivity contribution in [3.63, 3.8) is 0 Å². The van der Waals surface area contributed by atoms with E-state index in [0.29, 0.717) is 14.9 Å². The summed E-state index contributed by atoms with van der Waals surface area (Å²) in [6.07, 6.45) is 0. The van der Waals surface area contributed by atoms with Crippen molar-refractivity contribution in [2.45, 2.75) is 0 Å². The summed E-state index contributed by atoms with van der Waals surface area (Å²) in [5.74, 6) is 0. The number of halogens is 2. The monoisotopic (exact) mass is 369 g/mol. The molecule has 1 aromatic carbocycles. The van der Waals surface area contributed by atoms with Crippen LogP contribution in [0.15, 0.2) is 51.7 Å². The molecule has 0 fully saturated rings. The molecule has 0 spiro atoms. The minimum atomic E-state index is -0.300. The summed E-state index contributed by atoms with van der Waals surface area (Å²) < 4.78 is 1.29. The molecule has 2 rings (SSSR count). The van der Waals surface area contributed by atoms with Gasteiger partial charge in [0.1, 0.15) is 9.21 Å². The topological polar surface area (TPSA) is 54.0 Å². The molecule has 0 atom stereocenters. The van der Waals surface area contributed by atoms with Crippen LogP contribution in [-0.2, 0) is 0 Å². The molecule has 1 aromatic heterocycles. The van der Waals surface area contributed by atoms with Crippen LogP contribution in [0.25, 0.3) is 0 Å². The summed E-state index contributed by atoms with van der Waals surface area (Å²) in [5, 5.41) is 5.45. The lowest BCUT2D eigenvalue weighted by Crippen LogP contribution is -2.19. The fourth-order valence-corrected chi connectivity index (χ4v) is 2.47. The molecule has 0 bridgehead atoms. The maximum absolute atomic E-state index is 11.7. The summed E-state index contributed by atoms with van der Waals surface area (Å²) in [4.78, 5) is 15.8. The summed E-state index contributed by atoms with van der Waals surface area (Å²) in [6, 6.07) is 12.4. The molecule has 18 heavy (non-hydrogen) atoms. The highest BCUT2D eigenvalue weighted by atomic mass is 79.9. The van der Waals surface area contributed by atoms with Gasteiger partial charge in [-0.1, -0.05) is 18.2 Å². The fraction of sp³-hybridized carbons (Fsp3) is 0. The maximum Gasteiger partial charge on any atom is 0.323 e. The number of anilines is 2. The third-order valence-electron chi connectivity index (χ3n) is 2.05. The SMILES string of the molecule is O=C(Nc1ccccc1)Nc1cc(Br)nc(Br)c1. The number of hydrogen-bond acceptors (Lipinski definition) is 2. The Kier molecular flexibility index (Phi) is 4.33. The minimum absolute atomic E-state index is 0.300. The lowest BCUT2D eigenvalue weighted by Gasteiger charge is -2.08. The number of hydrogen-bond donors (Lipinski definition) is 2. The number of urea groups is 1. The Morgan fingerprint density at radius 1 is 0.944 bits per heavy atom. The zero-order chi connectivity index (χ0) is 13.0. The van der Waals surface area contributed by atoms with Crippen LogP contribution < -0.4 is 10.6 Å². The molecule has 0 aliphatic carbocycles. The molecule has 2 aromatic rings.